The quantitative estimate of drug-likeness (QED) is 0.906. The molecule has 6 nitrogen and oxygen atoms in total. The summed E-state index contributed by atoms with van der Waals surface area (Å²) in [7, 11) is 0. The third kappa shape index (κ3) is 2.36. The molecule has 2 N–H and O–H groups in total. The first kappa shape index (κ1) is 14.3. The minimum atomic E-state index is -1.07. The summed E-state index contributed by atoms with van der Waals surface area (Å²) in [5, 5.41) is 18.6. The highest BCUT2D eigenvalue weighted by Gasteiger charge is 2.31. The Labute approximate surface area is 127 Å². The number of aromatic nitrogens is 2. The van der Waals surface area contributed by atoms with E-state index in [4.69, 9.17) is 0 Å². The highest BCUT2D eigenvalue weighted by molar-refractivity contribution is 5.88. The summed E-state index contributed by atoms with van der Waals surface area (Å²) in [6.45, 7) is 2.22. The van der Waals surface area contributed by atoms with Crippen molar-refractivity contribution >= 4 is 11.9 Å². The Balaban J connectivity index is 2.12. The Kier molecular flexibility index (Phi) is 3.44. The number of nitrogens with zero attached hydrogens (tertiary/aromatic N) is 2. The second-order valence-electron chi connectivity index (χ2n) is 5.59. The second-order valence-corrected chi connectivity index (χ2v) is 5.59. The number of hydrogen-bond acceptors (Lipinski definition) is 3. The molecule has 1 aliphatic rings. The van der Waals surface area contributed by atoms with Gasteiger partial charge >= 0.3 is 11.9 Å². The summed E-state index contributed by atoms with van der Waals surface area (Å²) in [6, 6.07) is 7.60. The summed E-state index contributed by atoms with van der Waals surface area (Å²) >= 11 is 0. The lowest BCUT2D eigenvalue weighted by Crippen LogP contribution is -2.27. The molecular weight excluding hydrogens is 284 g/mol. The molecule has 1 atom stereocenters. The number of aliphatic carboxylic acids is 1. The number of fused-ring (bicyclic) bond motifs is 1. The standard InChI is InChI=1S/C16H16N2O4/c1-9-2-4-10(5-3-9)14-17-13(16(21)22)12-7-6-11(15(19)20)8-18(12)14/h2-5,11H,6-8H2,1H3,(H,19,20)(H,21,22). The number of benzene rings is 1. The zero-order chi connectivity index (χ0) is 15.9. The van der Waals surface area contributed by atoms with Gasteiger partial charge in [0.2, 0.25) is 0 Å². The first-order valence-electron chi connectivity index (χ1n) is 7.10. The molecule has 0 aliphatic carbocycles. The van der Waals surface area contributed by atoms with Crippen molar-refractivity contribution in [3.8, 4) is 11.4 Å². The number of hydrogen-bond donors (Lipinski definition) is 2. The topological polar surface area (TPSA) is 92.4 Å². The molecule has 1 aliphatic heterocycles. The van der Waals surface area contributed by atoms with Gasteiger partial charge in [0.05, 0.1) is 11.6 Å². The Hall–Kier alpha value is -2.63. The molecule has 6 heteroatoms. The smallest absolute Gasteiger partial charge is 0.356 e. The van der Waals surface area contributed by atoms with Gasteiger partial charge in [-0.2, -0.15) is 0 Å². The van der Waals surface area contributed by atoms with Gasteiger partial charge in [0, 0.05) is 12.1 Å². The Morgan fingerprint density at radius 1 is 1.23 bits per heavy atom. The number of carboxylic acids is 2. The van der Waals surface area contributed by atoms with Crippen LogP contribution in [-0.4, -0.2) is 31.7 Å². The van der Waals surface area contributed by atoms with E-state index >= 15 is 0 Å². The molecule has 0 radical (unpaired) electrons. The van der Waals surface area contributed by atoms with Crippen LogP contribution in [0, 0.1) is 12.8 Å². The van der Waals surface area contributed by atoms with Crippen molar-refractivity contribution in [2.45, 2.75) is 26.3 Å². The summed E-state index contributed by atoms with van der Waals surface area (Å²) in [6.07, 6.45) is 0.853. The first-order chi connectivity index (χ1) is 10.5. The molecule has 0 saturated heterocycles. The van der Waals surface area contributed by atoms with Gasteiger partial charge < -0.3 is 14.8 Å². The molecule has 0 fully saturated rings. The van der Waals surface area contributed by atoms with Crippen molar-refractivity contribution < 1.29 is 19.8 Å². The minimum absolute atomic E-state index is 0.0272. The van der Waals surface area contributed by atoms with Gasteiger partial charge in [-0.25, -0.2) is 9.78 Å². The Bertz CT molecular complexity index is 746. The SMILES string of the molecule is Cc1ccc(-c2nc(C(=O)O)c3n2CC(C(=O)O)CC3)cc1. The van der Waals surface area contributed by atoms with Crippen molar-refractivity contribution in [3.63, 3.8) is 0 Å². The lowest BCUT2D eigenvalue weighted by atomic mass is 9.97. The van der Waals surface area contributed by atoms with Gasteiger partial charge in [-0.05, 0) is 19.8 Å². The first-order valence-corrected chi connectivity index (χ1v) is 7.10. The molecule has 1 aromatic carbocycles. The van der Waals surface area contributed by atoms with Crippen LogP contribution < -0.4 is 0 Å². The van der Waals surface area contributed by atoms with E-state index in [1.165, 1.54) is 0 Å². The fourth-order valence-corrected chi connectivity index (χ4v) is 2.85. The van der Waals surface area contributed by atoms with E-state index < -0.39 is 17.9 Å². The van der Waals surface area contributed by atoms with Crippen LogP contribution in [0.1, 0.15) is 28.2 Å². The van der Waals surface area contributed by atoms with Crippen molar-refractivity contribution in [2.24, 2.45) is 5.92 Å². The zero-order valence-electron chi connectivity index (χ0n) is 12.1. The van der Waals surface area contributed by atoms with Gasteiger partial charge in [0.15, 0.2) is 5.69 Å². The van der Waals surface area contributed by atoms with E-state index in [0.717, 1.165) is 11.1 Å². The molecule has 22 heavy (non-hydrogen) atoms. The van der Waals surface area contributed by atoms with Crippen molar-refractivity contribution in [1.82, 2.24) is 9.55 Å². The number of aryl methyl sites for hydroxylation is 1. The monoisotopic (exact) mass is 300 g/mol. The van der Waals surface area contributed by atoms with E-state index in [2.05, 4.69) is 4.98 Å². The average molecular weight is 300 g/mol. The predicted molar refractivity (Wildman–Crippen MR) is 78.8 cm³/mol. The molecular formula is C16H16N2O4. The van der Waals surface area contributed by atoms with E-state index in [0.29, 0.717) is 24.4 Å². The van der Waals surface area contributed by atoms with Crippen LogP contribution in [0.25, 0.3) is 11.4 Å². The fourth-order valence-electron chi connectivity index (χ4n) is 2.85. The highest BCUT2D eigenvalue weighted by Crippen LogP contribution is 2.30. The molecule has 0 amide bonds. The zero-order valence-corrected chi connectivity index (χ0v) is 12.1. The summed E-state index contributed by atoms with van der Waals surface area (Å²) < 4.78 is 1.75. The average Bonchev–Trinajstić information content (AvgIpc) is 2.87. The van der Waals surface area contributed by atoms with Gasteiger partial charge in [0.25, 0.3) is 0 Å². The molecule has 3 rings (SSSR count). The third-order valence-electron chi connectivity index (χ3n) is 4.07. The Morgan fingerprint density at radius 2 is 1.91 bits per heavy atom. The summed E-state index contributed by atoms with van der Waals surface area (Å²) in [5.74, 6) is -1.91. The lowest BCUT2D eigenvalue weighted by molar-refractivity contribution is -0.142. The van der Waals surface area contributed by atoms with Crippen molar-refractivity contribution in [3.05, 3.63) is 41.2 Å². The van der Waals surface area contributed by atoms with Gasteiger partial charge in [-0.1, -0.05) is 29.8 Å². The summed E-state index contributed by atoms with van der Waals surface area (Å²) in [4.78, 5) is 26.9. The number of carbonyl (C=O) groups is 2. The fraction of sp³-hybridized carbons (Fsp3) is 0.312. The normalized spacial score (nSPS) is 17.0. The highest BCUT2D eigenvalue weighted by atomic mass is 16.4. The van der Waals surface area contributed by atoms with Crippen LogP contribution in [0.3, 0.4) is 0 Å². The maximum Gasteiger partial charge on any atom is 0.356 e. The second kappa shape index (κ2) is 5.29. The van der Waals surface area contributed by atoms with Crippen LogP contribution in [0.5, 0.6) is 0 Å². The number of aromatic carboxylic acids is 1. The maximum atomic E-state index is 11.4. The number of carboxylic acid groups (broad SMARTS) is 2. The third-order valence-corrected chi connectivity index (χ3v) is 4.07. The number of rotatable bonds is 3. The molecule has 2 heterocycles. The van der Waals surface area contributed by atoms with Crippen LogP contribution in [0.15, 0.2) is 24.3 Å². The van der Waals surface area contributed by atoms with E-state index in [1.807, 2.05) is 31.2 Å². The van der Waals surface area contributed by atoms with Crippen LogP contribution in [0.2, 0.25) is 0 Å². The minimum Gasteiger partial charge on any atom is -0.481 e. The molecule has 0 saturated carbocycles. The summed E-state index contributed by atoms with van der Waals surface area (Å²) in [5.41, 5.74) is 2.53. The molecule has 2 aromatic rings. The number of imidazole rings is 1. The van der Waals surface area contributed by atoms with Crippen LogP contribution >= 0.6 is 0 Å². The van der Waals surface area contributed by atoms with E-state index in [9.17, 15) is 19.8 Å². The van der Waals surface area contributed by atoms with Gasteiger partial charge in [-0.3, -0.25) is 4.79 Å². The molecule has 0 spiro atoms. The van der Waals surface area contributed by atoms with Crippen molar-refractivity contribution in [1.29, 1.82) is 0 Å². The van der Waals surface area contributed by atoms with Crippen LogP contribution in [-0.2, 0) is 17.8 Å². The molecule has 0 bridgehead atoms. The molecule has 1 aromatic heterocycles. The van der Waals surface area contributed by atoms with E-state index in [-0.39, 0.29) is 12.2 Å². The molecule has 1 unspecified atom stereocenters. The van der Waals surface area contributed by atoms with Gasteiger partial charge in [-0.15, -0.1) is 0 Å². The van der Waals surface area contributed by atoms with Gasteiger partial charge in [0.1, 0.15) is 5.82 Å². The van der Waals surface area contributed by atoms with E-state index in [1.54, 1.807) is 4.57 Å². The van der Waals surface area contributed by atoms with Crippen molar-refractivity contribution in [2.75, 3.05) is 0 Å². The largest absolute Gasteiger partial charge is 0.481 e. The Morgan fingerprint density at radius 3 is 2.50 bits per heavy atom. The maximum absolute atomic E-state index is 11.4. The lowest BCUT2D eigenvalue weighted by Gasteiger charge is -2.22. The predicted octanol–water partition coefficient (Wildman–Crippen LogP) is 2.20. The van der Waals surface area contributed by atoms with Crippen LogP contribution in [0.4, 0.5) is 0 Å². The molecule has 114 valence electrons.